The van der Waals surface area contributed by atoms with E-state index < -0.39 is 15.9 Å². The average molecular weight is 324 g/mol. The molecule has 0 saturated carbocycles. The third-order valence-corrected chi connectivity index (χ3v) is 5.06. The van der Waals surface area contributed by atoms with Crippen LogP contribution >= 0.6 is 11.3 Å². The summed E-state index contributed by atoms with van der Waals surface area (Å²) >= 11 is 1.55. The summed E-state index contributed by atoms with van der Waals surface area (Å²) in [5, 5.41) is 7.30. The summed E-state index contributed by atoms with van der Waals surface area (Å²) in [5.74, 6) is 0. The van der Waals surface area contributed by atoms with Crippen molar-refractivity contribution in [2.24, 2.45) is 0 Å². The molecular formula is C14H16N2O3S2. The second-order valence-corrected chi connectivity index (χ2v) is 7.57. The van der Waals surface area contributed by atoms with Crippen molar-refractivity contribution in [3.8, 4) is 0 Å². The molecule has 0 saturated heterocycles. The Morgan fingerprint density at radius 1 is 1.19 bits per heavy atom. The molecule has 7 heteroatoms. The van der Waals surface area contributed by atoms with E-state index in [1.807, 2.05) is 24.4 Å². The summed E-state index contributed by atoms with van der Waals surface area (Å²) in [6.07, 6.45) is 1.11. The van der Waals surface area contributed by atoms with Crippen LogP contribution in [0.2, 0.25) is 0 Å². The number of nitrogens with one attached hydrogen (secondary N) is 2. The number of thiophene rings is 1. The molecule has 0 bridgehead atoms. The minimum atomic E-state index is -3.39. The summed E-state index contributed by atoms with van der Waals surface area (Å²) in [4.78, 5) is 13.1. The van der Waals surface area contributed by atoms with E-state index in [4.69, 9.17) is 0 Å². The standard InChI is InChI=1S/C14H16N2O3S2/c1-10(12-7-5-9-20-12)15-14(17)16-11-6-3-4-8-13(11)21(2,18)19/h3-10H,1-2H3,(H2,15,16,17)/t10-/m1/s1. The lowest BCUT2D eigenvalue weighted by molar-refractivity contribution is 0.249. The number of para-hydroxylation sites is 1. The highest BCUT2D eigenvalue weighted by Crippen LogP contribution is 2.21. The number of rotatable bonds is 4. The highest BCUT2D eigenvalue weighted by Gasteiger charge is 2.16. The normalized spacial score (nSPS) is 12.7. The largest absolute Gasteiger partial charge is 0.331 e. The van der Waals surface area contributed by atoms with Crippen molar-refractivity contribution in [2.45, 2.75) is 17.9 Å². The van der Waals surface area contributed by atoms with Gasteiger partial charge in [0.15, 0.2) is 9.84 Å². The molecule has 1 atom stereocenters. The number of hydrogen-bond donors (Lipinski definition) is 2. The van der Waals surface area contributed by atoms with E-state index in [0.29, 0.717) is 0 Å². The Morgan fingerprint density at radius 2 is 1.90 bits per heavy atom. The second kappa shape index (κ2) is 6.28. The number of carbonyl (C=O) groups is 1. The van der Waals surface area contributed by atoms with Gasteiger partial charge in [0.25, 0.3) is 0 Å². The number of carbonyl (C=O) groups excluding carboxylic acids is 1. The molecule has 21 heavy (non-hydrogen) atoms. The predicted octanol–water partition coefficient (Wildman–Crippen LogP) is 3.03. The third kappa shape index (κ3) is 4.05. The predicted molar refractivity (Wildman–Crippen MR) is 84.4 cm³/mol. The number of urea groups is 1. The van der Waals surface area contributed by atoms with Gasteiger partial charge in [0.2, 0.25) is 0 Å². The molecule has 0 aliphatic heterocycles. The third-order valence-electron chi connectivity index (χ3n) is 2.85. The minimum Gasteiger partial charge on any atom is -0.331 e. The minimum absolute atomic E-state index is 0.101. The molecule has 1 aromatic heterocycles. The Hall–Kier alpha value is -1.86. The first-order valence-electron chi connectivity index (χ1n) is 6.28. The van der Waals surface area contributed by atoms with Gasteiger partial charge in [0, 0.05) is 11.1 Å². The molecule has 2 aromatic rings. The monoisotopic (exact) mass is 324 g/mol. The molecule has 0 aliphatic carbocycles. The van der Waals surface area contributed by atoms with Crippen LogP contribution in [0.5, 0.6) is 0 Å². The van der Waals surface area contributed by atoms with E-state index in [1.54, 1.807) is 29.5 Å². The summed E-state index contributed by atoms with van der Waals surface area (Å²) in [6, 6.07) is 9.58. The SMILES string of the molecule is C[C@@H](NC(=O)Nc1ccccc1S(C)(=O)=O)c1cccs1. The molecule has 2 N–H and O–H groups in total. The Kier molecular flexibility index (Phi) is 4.64. The summed E-state index contributed by atoms with van der Waals surface area (Å²) in [5.41, 5.74) is 0.274. The first-order chi connectivity index (χ1) is 9.88. The van der Waals surface area contributed by atoms with Gasteiger partial charge in [-0.3, -0.25) is 0 Å². The van der Waals surface area contributed by atoms with Gasteiger partial charge < -0.3 is 10.6 Å². The Morgan fingerprint density at radius 3 is 2.52 bits per heavy atom. The summed E-state index contributed by atoms with van der Waals surface area (Å²) < 4.78 is 23.3. The van der Waals surface area contributed by atoms with Gasteiger partial charge in [-0.1, -0.05) is 18.2 Å². The molecule has 0 aliphatic rings. The van der Waals surface area contributed by atoms with Crippen molar-refractivity contribution in [1.82, 2.24) is 5.32 Å². The van der Waals surface area contributed by atoms with Gasteiger partial charge in [-0.2, -0.15) is 0 Å². The Labute approximate surface area is 127 Å². The van der Waals surface area contributed by atoms with Gasteiger partial charge in [-0.15, -0.1) is 11.3 Å². The molecule has 2 rings (SSSR count). The molecule has 0 radical (unpaired) electrons. The topological polar surface area (TPSA) is 75.3 Å². The van der Waals surface area contributed by atoms with E-state index in [9.17, 15) is 13.2 Å². The average Bonchev–Trinajstić information content (AvgIpc) is 2.91. The van der Waals surface area contributed by atoms with Crippen LogP contribution in [0, 0.1) is 0 Å². The van der Waals surface area contributed by atoms with Crippen LogP contribution in [0.4, 0.5) is 10.5 Å². The second-order valence-electron chi connectivity index (χ2n) is 4.60. The molecular weight excluding hydrogens is 308 g/mol. The molecule has 5 nitrogen and oxygen atoms in total. The van der Waals surface area contributed by atoms with Crippen LogP contribution in [0.1, 0.15) is 17.8 Å². The summed E-state index contributed by atoms with van der Waals surface area (Å²) in [7, 11) is -3.39. The molecule has 1 heterocycles. The lowest BCUT2D eigenvalue weighted by atomic mass is 10.3. The van der Waals surface area contributed by atoms with E-state index in [1.165, 1.54) is 6.07 Å². The maximum atomic E-state index is 12.0. The van der Waals surface area contributed by atoms with E-state index >= 15 is 0 Å². The van der Waals surface area contributed by atoms with Gasteiger partial charge in [0.05, 0.1) is 16.6 Å². The zero-order chi connectivity index (χ0) is 15.5. The van der Waals surface area contributed by atoms with Crippen LogP contribution in [0.15, 0.2) is 46.7 Å². The van der Waals surface area contributed by atoms with Crippen molar-refractivity contribution in [2.75, 3.05) is 11.6 Å². The van der Waals surface area contributed by atoms with Crippen molar-refractivity contribution in [3.05, 3.63) is 46.7 Å². The molecule has 1 aromatic carbocycles. The lowest BCUT2D eigenvalue weighted by Gasteiger charge is -2.14. The smallest absolute Gasteiger partial charge is 0.319 e. The molecule has 0 unspecified atom stereocenters. The van der Waals surface area contributed by atoms with Gasteiger partial charge >= 0.3 is 6.03 Å². The van der Waals surface area contributed by atoms with Gasteiger partial charge in [-0.25, -0.2) is 13.2 Å². The Bertz CT molecular complexity index is 724. The van der Waals surface area contributed by atoms with Crippen molar-refractivity contribution < 1.29 is 13.2 Å². The van der Waals surface area contributed by atoms with Crippen LogP contribution in [0.3, 0.4) is 0 Å². The van der Waals surface area contributed by atoms with E-state index in [-0.39, 0.29) is 16.6 Å². The number of benzene rings is 1. The molecule has 0 spiro atoms. The fourth-order valence-electron chi connectivity index (χ4n) is 1.86. The van der Waals surface area contributed by atoms with Gasteiger partial charge in [0.1, 0.15) is 0 Å². The first-order valence-corrected chi connectivity index (χ1v) is 9.05. The molecule has 112 valence electrons. The van der Waals surface area contributed by atoms with Crippen molar-refractivity contribution >= 4 is 32.9 Å². The zero-order valence-corrected chi connectivity index (χ0v) is 13.3. The van der Waals surface area contributed by atoms with Crippen molar-refractivity contribution in [1.29, 1.82) is 0 Å². The number of sulfone groups is 1. The first kappa shape index (κ1) is 15.5. The van der Waals surface area contributed by atoms with Gasteiger partial charge in [-0.05, 0) is 30.5 Å². The quantitative estimate of drug-likeness (QED) is 0.907. The zero-order valence-electron chi connectivity index (χ0n) is 11.7. The molecule has 0 fully saturated rings. The van der Waals surface area contributed by atoms with Crippen LogP contribution in [0.25, 0.3) is 0 Å². The fourth-order valence-corrected chi connectivity index (χ4v) is 3.44. The maximum Gasteiger partial charge on any atom is 0.319 e. The number of anilines is 1. The van der Waals surface area contributed by atoms with E-state index in [0.717, 1.165) is 11.1 Å². The lowest BCUT2D eigenvalue weighted by Crippen LogP contribution is -2.31. The van der Waals surface area contributed by atoms with Crippen LogP contribution in [-0.4, -0.2) is 20.7 Å². The summed E-state index contributed by atoms with van der Waals surface area (Å²) in [6.45, 7) is 1.87. The maximum absolute atomic E-state index is 12.0. The fraction of sp³-hybridized carbons (Fsp3) is 0.214. The van der Waals surface area contributed by atoms with E-state index in [2.05, 4.69) is 10.6 Å². The number of hydrogen-bond acceptors (Lipinski definition) is 4. The van der Waals surface area contributed by atoms with Crippen LogP contribution in [-0.2, 0) is 9.84 Å². The van der Waals surface area contributed by atoms with Crippen LogP contribution < -0.4 is 10.6 Å². The Balaban J connectivity index is 2.10. The molecule has 2 amide bonds. The highest BCUT2D eigenvalue weighted by atomic mass is 32.2. The number of amides is 2. The highest BCUT2D eigenvalue weighted by molar-refractivity contribution is 7.90. The van der Waals surface area contributed by atoms with Crippen molar-refractivity contribution in [3.63, 3.8) is 0 Å².